The normalized spacial score (nSPS) is 16.4. The van der Waals surface area contributed by atoms with E-state index in [0.717, 1.165) is 18.4 Å². The molecule has 0 aliphatic heterocycles. The lowest BCUT2D eigenvalue weighted by Crippen LogP contribution is -2.29. The number of carbonyl (C=O) groups is 1. The molecule has 2 aromatic rings. The Kier molecular flexibility index (Phi) is 5.08. The third-order valence-electron chi connectivity index (χ3n) is 4.46. The van der Waals surface area contributed by atoms with Gasteiger partial charge in [0, 0.05) is 12.8 Å². The largest absolute Gasteiger partial charge is 0.396 e. The van der Waals surface area contributed by atoms with Gasteiger partial charge in [0.05, 0.1) is 12.1 Å². The van der Waals surface area contributed by atoms with Crippen LogP contribution in [0.15, 0.2) is 42.6 Å². The maximum atomic E-state index is 12.5. The van der Waals surface area contributed by atoms with Gasteiger partial charge >= 0.3 is 0 Å². The minimum atomic E-state index is -0.203. The highest BCUT2D eigenvalue weighted by Gasteiger charge is 2.21. The average molecular weight is 313 g/mol. The summed E-state index contributed by atoms with van der Waals surface area (Å²) in [5.41, 5.74) is 1.43. The van der Waals surface area contributed by atoms with E-state index in [4.69, 9.17) is 0 Å². The Bertz CT molecular complexity index is 633. The predicted molar refractivity (Wildman–Crippen MR) is 88.1 cm³/mol. The van der Waals surface area contributed by atoms with Crippen molar-refractivity contribution >= 4 is 5.91 Å². The minimum Gasteiger partial charge on any atom is -0.396 e. The molecule has 1 heterocycles. The Hall–Kier alpha value is -2.14. The van der Waals surface area contributed by atoms with Crippen molar-refractivity contribution in [2.45, 2.75) is 44.2 Å². The Morgan fingerprint density at radius 1 is 1.26 bits per heavy atom. The SMILES string of the molecule is O=C(N[C@H](CCO)c1ccccc1)c1ccn(C2CCCC2)n1. The van der Waals surface area contributed by atoms with Crippen LogP contribution in [0.1, 0.15) is 60.2 Å². The summed E-state index contributed by atoms with van der Waals surface area (Å²) in [7, 11) is 0. The molecule has 5 nitrogen and oxygen atoms in total. The summed E-state index contributed by atoms with van der Waals surface area (Å²) < 4.78 is 1.92. The van der Waals surface area contributed by atoms with Gasteiger partial charge in [-0.2, -0.15) is 5.10 Å². The van der Waals surface area contributed by atoms with Crippen LogP contribution < -0.4 is 5.32 Å². The molecule has 23 heavy (non-hydrogen) atoms. The summed E-state index contributed by atoms with van der Waals surface area (Å²) in [5.74, 6) is -0.191. The van der Waals surface area contributed by atoms with Gasteiger partial charge in [0.2, 0.25) is 0 Å². The quantitative estimate of drug-likeness (QED) is 0.862. The molecule has 5 heteroatoms. The van der Waals surface area contributed by atoms with Gasteiger partial charge in [0.25, 0.3) is 5.91 Å². The number of nitrogens with one attached hydrogen (secondary N) is 1. The molecule has 0 spiro atoms. The van der Waals surface area contributed by atoms with Crippen molar-refractivity contribution in [1.82, 2.24) is 15.1 Å². The van der Waals surface area contributed by atoms with Crippen LogP contribution in [0.4, 0.5) is 0 Å². The molecule has 1 aromatic carbocycles. The Labute approximate surface area is 136 Å². The highest BCUT2D eigenvalue weighted by atomic mass is 16.3. The summed E-state index contributed by atoms with van der Waals surface area (Å²) in [6, 6.07) is 11.7. The second-order valence-corrected chi connectivity index (χ2v) is 6.07. The molecular formula is C18H23N3O2. The van der Waals surface area contributed by atoms with E-state index in [0.29, 0.717) is 18.2 Å². The van der Waals surface area contributed by atoms with Crippen LogP contribution in [0.2, 0.25) is 0 Å². The van der Waals surface area contributed by atoms with Crippen LogP contribution in [0.25, 0.3) is 0 Å². The van der Waals surface area contributed by atoms with E-state index < -0.39 is 0 Å². The number of aliphatic hydroxyl groups excluding tert-OH is 1. The van der Waals surface area contributed by atoms with Gasteiger partial charge in [-0.05, 0) is 30.9 Å². The van der Waals surface area contributed by atoms with Gasteiger partial charge in [-0.3, -0.25) is 9.48 Å². The number of amides is 1. The van der Waals surface area contributed by atoms with Crippen molar-refractivity contribution < 1.29 is 9.90 Å². The number of aromatic nitrogens is 2. The van der Waals surface area contributed by atoms with E-state index >= 15 is 0 Å². The van der Waals surface area contributed by atoms with Gasteiger partial charge < -0.3 is 10.4 Å². The standard InChI is InChI=1S/C18H23N3O2/c22-13-11-16(14-6-2-1-3-7-14)19-18(23)17-10-12-21(20-17)15-8-4-5-9-15/h1-3,6-7,10,12,15-16,22H,4-5,8-9,11,13H2,(H,19,23)/t16-/m1/s1. The molecule has 1 aliphatic rings. The molecular weight excluding hydrogens is 290 g/mol. The predicted octanol–water partition coefficient (Wildman–Crippen LogP) is 2.85. The van der Waals surface area contributed by atoms with E-state index in [1.807, 2.05) is 41.2 Å². The second-order valence-electron chi connectivity index (χ2n) is 6.07. The van der Waals surface area contributed by atoms with Gasteiger partial charge in [-0.15, -0.1) is 0 Å². The number of rotatable bonds is 6. The van der Waals surface area contributed by atoms with Crippen molar-refractivity contribution in [3.05, 3.63) is 53.9 Å². The molecule has 1 fully saturated rings. The van der Waals surface area contributed by atoms with Crippen molar-refractivity contribution in [2.24, 2.45) is 0 Å². The summed E-state index contributed by atoms with van der Waals surface area (Å²) in [6.07, 6.45) is 7.13. The van der Waals surface area contributed by atoms with Crippen molar-refractivity contribution in [3.63, 3.8) is 0 Å². The number of nitrogens with zero attached hydrogens (tertiary/aromatic N) is 2. The molecule has 1 saturated carbocycles. The summed E-state index contributed by atoms with van der Waals surface area (Å²) >= 11 is 0. The first kappa shape index (κ1) is 15.7. The fourth-order valence-electron chi connectivity index (χ4n) is 3.20. The van der Waals surface area contributed by atoms with Crippen LogP contribution >= 0.6 is 0 Å². The van der Waals surface area contributed by atoms with Crippen molar-refractivity contribution in [1.29, 1.82) is 0 Å². The first-order valence-electron chi connectivity index (χ1n) is 8.30. The maximum Gasteiger partial charge on any atom is 0.272 e. The van der Waals surface area contributed by atoms with Crippen molar-refractivity contribution in [3.8, 4) is 0 Å². The Morgan fingerprint density at radius 2 is 2.00 bits per heavy atom. The number of aliphatic hydroxyl groups is 1. The first-order chi connectivity index (χ1) is 11.3. The first-order valence-corrected chi connectivity index (χ1v) is 8.30. The maximum absolute atomic E-state index is 12.5. The van der Waals surface area contributed by atoms with E-state index in [-0.39, 0.29) is 18.6 Å². The van der Waals surface area contributed by atoms with Crippen LogP contribution in [-0.2, 0) is 0 Å². The molecule has 3 rings (SSSR count). The molecule has 1 aliphatic carbocycles. The monoisotopic (exact) mass is 313 g/mol. The minimum absolute atomic E-state index is 0.0242. The van der Waals surface area contributed by atoms with Gasteiger partial charge in [0.1, 0.15) is 5.69 Å². The van der Waals surface area contributed by atoms with Crippen LogP contribution in [0.3, 0.4) is 0 Å². The number of benzene rings is 1. The smallest absolute Gasteiger partial charge is 0.272 e. The Morgan fingerprint density at radius 3 is 2.70 bits per heavy atom. The molecule has 0 bridgehead atoms. The third kappa shape index (κ3) is 3.79. The molecule has 1 atom stereocenters. The lowest BCUT2D eigenvalue weighted by Gasteiger charge is -2.17. The summed E-state index contributed by atoms with van der Waals surface area (Å²) in [5, 5.41) is 16.7. The molecule has 0 unspecified atom stereocenters. The third-order valence-corrected chi connectivity index (χ3v) is 4.46. The van der Waals surface area contributed by atoms with Crippen LogP contribution in [-0.4, -0.2) is 27.4 Å². The van der Waals surface area contributed by atoms with E-state index in [1.165, 1.54) is 12.8 Å². The lowest BCUT2D eigenvalue weighted by atomic mass is 10.0. The van der Waals surface area contributed by atoms with Gasteiger partial charge in [-0.25, -0.2) is 0 Å². The van der Waals surface area contributed by atoms with E-state index in [1.54, 1.807) is 6.07 Å². The zero-order chi connectivity index (χ0) is 16.1. The molecule has 0 radical (unpaired) electrons. The molecule has 1 amide bonds. The zero-order valence-corrected chi connectivity index (χ0v) is 13.2. The van der Waals surface area contributed by atoms with Gasteiger partial charge in [-0.1, -0.05) is 43.2 Å². The fraction of sp³-hybridized carbons (Fsp3) is 0.444. The Balaban J connectivity index is 1.69. The summed E-state index contributed by atoms with van der Waals surface area (Å²) in [6.45, 7) is 0.0242. The fourth-order valence-corrected chi connectivity index (χ4v) is 3.20. The van der Waals surface area contributed by atoms with Crippen LogP contribution in [0.5, 0.6) is 0 Å². The number of carbonyl (C=O) groups excluding carboxylic acids is 1. The van der Waals surface area contributed by atoms with Crippen molar-refractivity contribution in [2.75, 3.05) is 6.61 Å². The average Bonchev–Trinajstić information content (AvgIpc) is 3.26. The highest BCUT2D eigenvalue weighted by Crippen LogP contribution is 2.28. The van der Waals surface area contributed by atoms with E-state index in [9.17, 15) is 9.90 Å². The lowest BCUT2D eigenvalue weighted by molar-refractivity contribution is 0.0923. The number of hydrogen-bond acceptors (Lipinski definition) is 3. The zero-order valence-electron chi connectivity index (χ0n) is 13.2. The van der Waals surface area contributed by atoms with Gasteiger partial charge in [0.15, 0.2) is 0 Å². The van der Waals surface area contributed by atoms with Crippen LogP contribution in [0, 0.1) is 0 Å². The summed E-state index contributed by atoms with van der Waals surface area (Å²) in [4.78, 5) is 12.5. The molecule has 2 N–H and O–H groups in total. The topological polar surface area (TPSA) is 67.2 Å². The number of hydrogen-bond donors (Lipinski definition) is 2. The highest BCUT2D eigenvalue weighted by molar-refractivity contribution is 5.92. The second kappa shape index (κ2) is 7.42. The van der Waals surface area contributed by atoms with E-state index in [2.05, 4.69) is 10.4 Å². The molecule has 1 aromatic heterocycles. The molecule has 0 saturated heterocycles. The molecule has 122 valence electrons.